The first-order chi connectivity index (χ1) is 15.4. The highest BCUT2D eigenvalue weighted by Crippen LogP contribution is 2.36. The Kier molecular flexibility index (Phi) is 7.28. The van der Waals surface area contributed by atoms with E-state index in [2.05, 4.69) is 10.2 Å². The second-order valence-corrected chi connectivity index (χ2v) is 9.07. The Morgan fingerprint density at radius 2 is 1.62 bits per heavy atom. The quantitative estimate of drug-likeness (QED) is 0.198. The molecule has 32 heavy (non-hydrogen) atoms. The molecular weight excluding hydrogens is 512 g/mol. The van der Waals surface area contributed by atoms with Crippen LogP contribution in [0.4, 0.5) is 0 Å². The van der Waals surface area contributed by atoms with Gasteiger partial charge in [-0.1, -0.05) is 70.7 Å². The van der Waals surface area contributed by atoms with Crippen molar-refractivity contribution in [3.8, 4) is 0 Å². The maximum atomic E-state index is 13.1. The lowest BCUT2D eigenvalue weighted by Crippen LogP contribution is -2.28. The van der Waals surface area contributed by atoms with E-state index in [9.17, 15) is 4.79 Å². The van der Waals surface area contributed by atoms with Gasteiger partial charge in [0.2, 0.25) is 0 Å². The molecule has 1 aromatic heterocycles. The number of hydrogen-bond acceptors (Lipinski definition) is 5. The number of benzene rings is 2. The van der Waals surface area contributed by atoms with E-state index >= 15 is 0 Å². The van der Waals surface area contributed by atoms with Crippen molar-refractivity contribution in [2.45, 2.75) is 6.54 Å². The Labute approximate surface area is 208 Å². The lowest BCUT2D eigenvalue weighted by molar-refractivity contribution is -0.122. The van der Waals surface area contributed by atoms with Crippen LogP contribution in [0.3, 0.4) is 0 Å². The van der Waals surface area contributed by atoms with Crippen LogP contribution in [0.15, 0.2) is 74.3 Å². The van der Waals surface area contributed by atoms with Crippen LogP contribution in [0, 0.1) is 0 Å². The molecule has 1 amide bonds. The molecule has 0 saturated carbocycles. The Morgan fingerprint density at radius 1 is 0.938 bits per heavy atom. The van der Waals surface area contributed by atoms with E-state index < -0.39 is 0 Å². The molecule has 1 saturated heterocycles. The molecule has 0 N–H and O–H groups in total. The number of carbonyl (C=O) groups is 1. The molecule has 3 aromatic rings. The third-order valence-electron chi connectivity index (χ3n) is 4.37. The lowest BCUT2D eigenvalue weighted by atomic mass is 10.2. The molecule has 1 aliphatic heterocycles. The van der Waals surface area contributed by atoms with Crippen LogP contribution in [0.5, 0.6) is 0 Å². The van der Waals surface area contributed by atoms with Crippen molar-refractivity contribution in [1.29, 1.82) is 0 Å². The summed E-state index contributed by atoms with van der Waals surface area (Å²) in [4.78, 5) is 15.0. The normalized spacial score (nSPS) is 16.8. The molecule has 0 aliphatic carbocycles. The minimum Gasteiger partial charge on any atom is -0.467 e. The summed E-state index contributed by atoms with van der Waals surface area (Å²) in [5.74, 6) is 0.354. The summed E-state index contributed by atoms with van der Waals surface area (Å²) in [6.45, 7) is 0.200. The second kappa shape index (κ2) is 10.1. The Balaban J connectivity index is 1.67. The van der Waals surface area contributed by atoms with Crippen LogP contribution in [0.25, 0.3) is 6.08 Å². The summed E-state index contributed by atoms with van der Waals surface area (Å²) in [6, 6.07) is 14.0. The Bertz CT molecular complexity index is 1260. The summed E-state index contributed by atoms with van der Waals surface area (Å²) in [7, 11) is 0. The minimum atomic E-state index is -0.253. The summed E-state index contributed by atoms with van der Waals surface area (Å²) in [5, 5.41) is 10.3. The highest BCUT2D eigenvalue weighted by molar-refractivity contribution is 8.18. The SMILES string of the molecule is O=C1/C(=C/c2cccc(Cl)c2Cl)S/C(=N\N=C\c2cccc(Cl)c2Cl)N1Cc1ccco1. The predicted octanol–water partition coefficient (Wildman–Crippen LogP) is 7.40. The van der Waals surface area contributed by atoms with Gasteiger partial charge in [-0.2, -0.15) is 5.10 Å². The summed E-state index contributed by atoms with van der Waals surface area (Å²) in [6.07, 6.45) is 4.70. The average Bonchev–Trinajstić information content (AvgIpc) is 3.39. The van der Waals surface area contributed by atoms with Crippen molar-refractivity contribution in [3.05, 3.63) is 96.7 Å². The molecule has 5 nitrogen and oxygen atoms in total. The van der Waals surface area contributed by atoms with Crippen molar-refractivity contribution in [3.63, 3.8) is 0 Å². The molecule has 0 unspecified atom stereocenters. The van der Waals surface area contributed by atoms with Crippen molar-refractivity contribution in [1.82, 2.24) is 4.90 Å². The number of halogens is 4. The van der Waals surface area contributed by atoms with E-state index in [1.54, 1.807) is 60.9 Å². The summed E-state index contributed by atoms with van der Waals surface area (Å²) in [5.41, 5.74) is 1.24. The van der Waals surface area contributed by atoms with Crippen molar-refractivity contribution < 1.29 is 9.21 Å². The lowest BCUT2D eigenvalue weighted by Gasteiger charge is -2.12. The van der Waals surface area contributed by atoms with Gasteiger partial charge in [0, 0.05) is 5.56 Å². The summed E-state index contributed by atoms with van der Waals surface area (Å²) >= 11 is 25.8. The number of furan rings is 1. The highest BCUT2D eigenvalue weighted by Gasteiger charge is 2.34. The molecule has 162 valence electrons. The van der Waals surface area contributed by atoms with Crippen molar-refractivity contribution in [2.24, 2.45) is 10.2 Å². The average molecular weight is 525 g/mol. The van der Waals surface area contributed by atoms with Gasteiger partial charge < -0.3 is 4.42 Å². The van der Waals surface area contributed by atoms with Gasteiger partial charge in [0.25, 0.3) is 5.91 Å². The maximum absolute atomic E-state index is 13.1. The van der Waals surface area contributed by atoms with Gasteiger partial charge >= 0.3 is 0 Å². The number of hydrogen-bond donors (Lipinski definition) is 0. The fourth-order valence-electron chi connectivity index (χ4n) is 2.81. The van der Waals surface area contributed by atoms with Gasteiger partial charge in [0.15, 0.2) is 5.17 Å². The number of amidine groups is 1. The van der Waals surface area contributed by atoms with Crippen LogP contribution in [0.2, 0.25) is 20.1 Å². The molecule has 2 aromatic carbocycles. The molecule has 10 heteroatoms. The van der Waals surface area contributed by atoms with E-state index in [1.807, 2.05) is 0 Å². The van der Waals surface area contributed by atoms with Crippen molar-refractivity contribution >= 4 is 81.5 Å². The van der Waals surface area contributed by atoms with Crippen LogP contribution >= 0.6 is 58.2 Å². The smallest absolute Gasteiger partial charge is 0.267 e. The van der Waals surface area contributed by atoms with Gasteiger partial charge in [-0.05, 0) is 47.7 Å². The number of amides is 1. The van der Waals surface area contributed by atoms with E-state index in [0.29, 0.717) is 47.1 Å². The van der Waals surface area contributed by atoms with Crippen molar-refractivity contribution in [2.75, 3.05) is 0 Å². The zero-order valence-corrected chi connectivity index (χ0v) is 20.0. The van der Waals surface area contributed by atoms with Crippen LogP contribution in [-0.2, 0) is 11.3 Å². The standard InChI is InChI=1S/C22H13Cl4N3O2S/c23-16-7-1-4-13(19(16)25)10-18-21(30)29(12-15-6-3-9-31-15)22(32-18)28-27-11-14-5-2-8-17(24)20(14)26/h1-11H,12H2/b18-10-,27-11+,28-22-. The fraction of sp³-hybridized carbons (Fsp3) is 0.0455. The van der Waals surface area contributed by atoms with Gasteiger partial charge in [0.05, 0.1) is 44.0 Å². The number of rotatable bonds is 5. The third kappa shape index (κ3) is 5.05. The largest absolute Gasteiger partial charge is 0.467 e. The first-order valence-electron chi connectivity index (χ1n) is 9.17. The monoisotopic (exact) mass is 523 g/mol. The molecule has 0 radical (unpaired) electrons. The van der Waals surface area contributed by atoms with E-state index in [-0.39, 0.29) is 12.5 Å². The molecule has 0 spiro atoms. The molecule has 1 aliphatic rings. The maximum Gasteiger partial charge on any atom is 0.267 e. The van der Waals surface area contributed by atoms with E-state index in [0.717, 1.165) is 0 Å². The fourth-order valence-corrected chi connectivity index (χ4v) is 4.46. The van der Waals surface area contributed by atoms with E-state index in [4.69, 9.17) is 50.8 Å². The van der Waals surface area contributed by atoms with Crippen LogP contribution in [0.1, 0.15) is 16.9 Å². The number of nitrogens with zero attached hydrogens (tertiary/aromatic N) is 3. The molecule has 4 rings (SSSR count). The Morgan fingerprint density at radius 3 is 2.31 bits per heavy atom. The molecule has 2 heterocycles. The van der Waals surface area contributed by atoms with Crippen LogP contribution < -0.4 is 0 Å². The molecular formula is C22H13Cl4N3O2S. The topological polar surface area (TPSA) is 58.2 Å². The predicted molar refractivity (Wildman–Crippen MR) is 133 cm³/mol. The van der Waals surface area contributed by atoms with Gasteiger partial charge in [0.1, 0.15) is 5.76 Å². The second-order valence-electron chi connectivity index (χ2n) is 6.49. The summed E-state index contributed by atoms with van der Waals surface area (Å²) < 4.78 is 5.40. The number of carbonyl (C=O) groups excluding carboxylic acids is 1. The highest BCUT2D eigenvalue weighted by atomic mass is 35.5. The van der Waals surface area contributed by atoms with E-state index in [1.165, 1.54) is 22.9 Å². The van der Waals surface area contributed by atoms with Gasteiger partial charge in [-0.15, -0.1) is 5.10 Å². The van der Waals surface area contributed by atoms with Gasteiger partial charge in [-0.25, -0.2) is 0 Å². The first-order valence-corrected chi connectivity index (χ1v) is 11.5. The minimum absolute atomic E-state index is 0.200. The van der Waals surface area contributed by atoms with Crippen LogP contribution in [-0.4, -0.2) is 22.2 Å². The molecule has 1 fully saturated rings. The van der Waals surface area contributed by atoms with Gasteiger partial charge in [-0.3, -0.25) is 9.69 Å². The molecule has 0 bridgehead atoms. The first kappa shape index (κ1) is 23.0. The zero-order chi connectivity index (χ0) is 22.7. The number of thioether (sulfide) groups is 1. The Hall–Kier alpha value is -2.22. The third-order valence-corrected chi connectivity index (χ3v) is 7.04. The zero-order valence-electron chi connectivity index (χ0n) is 16.1. The molecule has 0 atom stereocenters.